The maximum atomic E-state index is 11.6. The lowest BCUT2D eigenvalue weighted by molar-refractivity contribution is -0.116. The standard InChI is InChI=1S/C20H25NO4/c1-14(2)12-21-20(22)7-5-3-4-6-16-9-8-15-10-18-19(24-13-23-18)11-17(15)25-16/h3-5,7,10-11,14,16H,6,8-9,12-13H2,1-2H3,(H,21,22)/t16-/m1/s1. The molecule has 2 heterocycles. The Bertz CT molecular complexity index is 679. The van der Waals surface area contributed by atoms with Crippen LogP contribution in [0.5, 0.6) is 17.2 Å². The maximum absolute atomic E-state index is 11.6. The number of benzene rings is 1. The van der Waals surface area contributed by atoms with Gasteiger partial charge in [-0.1, -0.05) is 32.1 Å². The first-order chi connectivity index (χ1) is 12.1. The van der Waals surface area contributed by atoms with Crippen LogP contribution in [0.4, 0.5) is 0 Å². The summed E-state index contributed by atoms with van der Waals surface area (Å²) in [7, 11) is 0. The summed E-state index contributed by atoms with van der Waals surface area (Å²) in [5, 5.41) is 2.85. The summed E-state index contributed by atoms with van der Waals surface area (Å²) in [4.78, 5) is 11.6. The first-order valence-electron chi connectivity index (χ1n) is 8.82. The lowest BCUT2D eigenvalue weighted by Gasteiger charge is -2.25. The number of nitrogens with one attached hydrogen (secondary N) is 1. The number of fused-ring (bicyclic) bond motifs is 2. The lowest BCUT2D eigenvalue weighted by Crippen LogP contribution is -2.25. The van der Waals surface area contributed by atoms with Gasteiger partial charge >= 0.3 is 0 Å². The minimum atomic E-state index is -0.0581. The number of hydrogen-bond donors (Lipinski definition) is 1. The van der Waals surface area contributed by atoms with Gasteiger partial charge in [0.2, 0.25) is 12.7 Å². The number of ether oxygens (including phenoxy) is 3. The van der Waals surface area contributed by atoms with E-state index in [4.69, 9.17) is 14.2 Å². The molecule has 1 amide bonds. The van der Waals surface area contributed by atoms with Crippen LogP contribution in [-0.4, -0.2) is 25.3 Å². The maximum Gasteiger partial charge on any atom is 0.243 e. The molecule has 0 aliphatic carbocycles. The van der Waals surface area contributed by atoms with Crippen LogP contribution in [0.25, 0.3) is 0 Å². The predicted molar refractivity (Wildman–Crippen MR) is 96.0 cm³/mol. The monoisotopic (exact) mass is 343 g/mol. The summed E-state index contributed by atoms with van der Waals surface area (Å²) in [6, 6.07) is 3.94. The molecule has 0 saturated heterocycles. The zero-order valence-corrected chi connectivity index (χ0v) is 14.8. The first kappa shape index (κ1) is 17.4. The van der Waals surface area contributed by atoms with E-state index < -0.39 is 0 Å². The van der Waals surface area contributed by atoms with Gasteiger partial charge in [-0.2, -0.15) is 0 Å². The van der Waals surface area contributed by atoms with E-state index in [1.54, 1.807) is 12.2 Å². The fourth-order valence-electron chi connectivity index (χ4n) is 2.81. The van der Waals surface area contributed by atoms with Crippen molar-refractivity contribution in [3.8, 4) is 17.2 Å². The van der Waals surface area contributed by atoms with Crippen molar-refractivity contribution in [2.45, 2.75) is 39.2 Å². The van der Waals surface area contributed by atoms with E-state index in [1.807, 2.05) is 24.3 Å². The van der Waals surface area contributed by atoms with Gasteiger partial charge in [-0.15, -0.1) is 0 Å². The van der Waals surface area contributed by atoms with Crippen LogP contribution in [-0.2, 0) is 11.2 Å². The Hall–Kier alpha value is -2.43. The van der Waals surface area contributed by atoms with Crippen molar-refractivity contribution in [2.75, 3.05) is 13.3 Å². The quantitative estimate of drug-likeness (QED) is 0.635. The Morgan fingerprint density at radius 1 is 1.24 bits per heavy atom. The topological polar surface area (TPSA) is 56.8 Å². The van der Waals surface area contributed by atoms with Gasteiger partial charge in [0.15, 0.2) is 11.5 Å². The molecule has 1 aromatic rings. The number of aryl methyl sites for hydroxylation is 1. The van der Waals surface area contributed by atoms with Crippen molar-refractivity contribution >= 4 is 5.91 Å². The molecule has 5 heteroatoms. The molecule has 0 fully saturated rings. The highest BCUT2D eigenvalue weighted by Gasteiger charge is 2.23. The predicted octanol–water partition coefficient (Wildman–Crippen LogP) is 3.38. The van der Waals surface area contributed by atoms with Gasteiger partial charge in [0.05, 0.1) is 0 Å². The molecule has 5 nitrogen and oxygen atoms in total. The molecule has 1 N–H and O–H groups in total. The van der Waals surface area contributed by atoms with Gasteiger partial charge in [-0.25, -0.2) is 0 Å². The second kappa shape index (κ2) is 8.10. The van der Waals surface area contributed by atoms with E-state index in [2.05, 4.69) is 19.2 Å². The van der Waals surface area contributed by atoms with Crippen LogP contribution in [0.3, 0.4) is 0 Å². The highest BCUT2D eigenvalue weighted by Crippen LogP contribution is 2.41. The number of carbonyl (C=O) groups excluding carboxylic acids is 1. The van der Waals surface area contributed by atoms with Gasteiger partial charge in [0.25, 0.3) is 0 Å². The summed E-state index contributed by atoms with van der Waals surface area (Å²) in [6.07, 6.45) is 10.1. The molecule has 134 valence electrons. The zero-order valence-electron chi connectivity index (χ0n) is 14.8. The van der Waals surface area contributed by atoms with E-state index in [0.29, 0.717) is 12.5 Å². The van der Waals surface area contributed by atoms with Gasteiger partial charge in [0.1, 0.15) is 11.9 Å². The second-order valence-corrected chi connectivity index (χ2v) is 6.75. The van der Waals surface area contributed by atoms with Gasteiger partial charge < -0.3 is 19.5 Å². The summed E-state index contributed by atoms with van der Waals surface area (Å²) in [5.41, 5.74) is 1.17. The highest BCUT2D eigenvalue weighted by atomic mass is 16.7. The summed E-state index contributed by atoms with van der Waals surface area (Å²) in [5.74, 6) is 2.85. The normalized spacial score (nSPS) is 18.6. The average Bonchev–Trinajstić information content (AvgIpc) is 3.04. The SMILES string of the molecule is CC(C)CNC(=O)C=CC=CC[C@@H]1CCc2cc3c(cc2O1)OCO3. The van der Waals surface area contributed by atoms with E-state index in [9.17, 15) is 4.79 Å². The molecule has 25 heavy (non-hydrogen) atoms. The molecule has 0 unspecified atom stereocenters. The van der Waals surface area contributed by atoms with Crippen LogP contribution in [0, 0.1) is 5.92 Å². The highest BCUT2D eigenvalue weighted by molar-refractivity contribution is 5.87. The molecule has 0 saturated carbocycles. The summed E-state index contributed by atoms with van der Waals surface area (Å²) in [6.45, 7) is 5.11. The van der Waals surface area contributed by atoms with Crippen molar-refractivity contribution in [1.82, 2.24) is 5.32 Å². The molecule has 1 atom stereocenters. The Labute approximate surface area is 148 Å². The number of carbonyl (C=O) groups is 1. The van der Waals surface area contributed by atoms with E-state index >= 15 is 0 Å². The Morgan fingerprint density at radius 2 is 2.04 bits per heavy atom. The van der Waals surface area contributed by atoms with Crippen molar-refractivity contribution < 1.29 is 19.0 Å². The van der Waals surface area contributed by atoms with E-state index in [0.717, 1.165) is 36.5 Å². The van der Waals surface area contributed by atoms with Crippen molar-refractivity contribution in [2.24, 2.45) is 5.92 Å². The molecule has 3 rings (SSSR count). The minimum absolute atomic E-state index is 0.0581. The third-order valence-electron chi connectivity index (χ3n) is 4.16. The Balaban J connectivity index is 1.46. The van der Waals surface area contributed by atoms with Gasteiger partial charge in [-0.3, -0.25) is 4.79 Å². The molecule has 0 spiro atoms. The number of rotatable bonds is 6. The molecule has 1 aromatic carbocycles. The van der Waals surface area contributed by atoms with Crippen molar-refractivity contribution in [3.63, 3.8) is 0 Å². The Kier molecular flexibility index (Phi) is 5.64. The van der Waals surface area contributed by atoms with Crippen LogP contribution in [0.2, 0.25) is 0 Å². The molecule has 0 aromatic heterocycles. The van der Waals surface area contributed by atoms with Crippen LogP contribution in [0.15, 0.2) is 36.4 Å². The van der Waals surface area contributed by atoms with E-state index in [1.165, 1.54) is 5.56 Å². The van der Waals surface area contributed by atoms with E-state index in [-0.39, 0.29) is 18.8 Å². The number of hydrogen-bond acceptors (Lipinski definition) is 4. The molecular formula is C20H25NO4. The molecular weight excluding hydrogens is 318 g/mol. The molecule has 0 bridgehead atoms. The van der Waals surface area contributed by atoms with Crippen molar-refractivity contribution in [1.29, 1.82) is 0 Å². The number of allylic oxidation sites excluding steroid dienone is 2. The molecule has 2 aliphatic heterocycles. The summed E-state index contributed by atoms with van der Waals surface area (Å²) >= 11 is 0. The minimum Gasteiger partial charge on any atom is -0.490 e. The third kappa shape index (κ3) is 4.78. The summed E-state index contributed by atoms with van der Waals surface area (Å²) < 4.78 is 16.9. The fraction of sp³-hybridized carbons (Fsp3) is 0.450. The van der Waals surface area contributed by atoms with Gasteiger partial charge in [0, 0.05) is 25.1 Å². The van der Waals surface area contributed by atoms with Crippen LogP contribution < -0.4 is 19.5 Å². The Morgan fingerprint density at radius 3 is 2.84 bits per heavy atom. The van der Waals surface area contributed by atoms with Crippen LogP contribution >= 0.6 is 0 Å². The lowest BCUT2D eigenvalue weighted by atomic mass is 10.00. The van der Waals surface area contributed by atoms with Crippen LogP contribution in [0.1, 0.15) is 32.3 Å². The van der Waals surface area contributed by atoms with Crippen molar-refractivity contribution in [3.05, 3.63) is 42.0 Å². The molecule has 0 radical (unpaired) electrons. The number of amides is 1. The second-order valence-electron chi connectivity index (χ2n) is 6.75. The fourth-order valence-corrected chi connectivity index (χ4v) is 2.81. The largest absolute Gasteiger partial charge is 0.490 e. The zero-order chi connectivity index (χ0) is 17.6. The first-order valence-corrected chi connectivity index (χ1v) is 8.82. The van der Waals surface area contributed by atoms with Gasteiger partial charge in [-0.05, 0) is 30.4 Å². The average molecular weight is 343 g/mol. The smallest absolute Gasteiger partial charge is 0.243 e. The third-order valence-corrected chi connectivity index (χ3v) is 4.16. The molecule has 2 aliphatic rings.